The van der Waals surface area contributed by atoms with E-state index in [2.05, 4.69) is 12.2 Å². The molecule has 4 nitrogen and oxygen atoms in total. The Morgan fingerprint density at radius 2 is 1.96 bits per heavy atom. The summed E-state index contributed by atoms with van der Waals surface area (Å²) in [5, 5.41) is 3.24. The highest BCUT2D eigenvalue weighted by atomic mass is 16.2. The number of carbonyl (C=O) groups is 2. The summed E-state index contributed by atoms with van der Waals surface area (Å²) in [5.74, 6) is 0.840. The number of nitrogens with one attached hydrogen (secondary N) is 1. The van der Waals surface area contributed by atoms with Crippen molar-refractivity contribution in [3.05, 3.63) is 29.8 Å². The Balaban J connectivity index is 1.60. The molecule has 2 aliphatic rings. The highest BCUT2D eigenvalue weighted by molar-refractivity contribution is 5.97. The monoisotopic (exact) mass is 342 g/mol. The van der Waals surface area contributed by atoms with Crippen LogP contribution in [0.2, 0.25) is 0 Å². The predicted molar refractivity (Wildman–Crippen MR) is 101 cm³/mol. The first-order valence-electron chi connectivity index (χ1n) is 9.90. The van der Waals surface area contributed by atoms with Crippen LogP contribution in [0.25, 0.3) is 0 Å². The number of nitrogens with zero attached hydrogens (tertiary/aromatic N) is 1. The van der Waals surface area contributed by atoms with Crippen molar-refractivity contribution in [3.63, 3.8) is 0 Å². The van der Waals surface area contributed by atoms with Crippen molar-refractivity contribution in [2.45, 2.75) is 70.8 Å². The van der Waals surface area contributed by atoms with E-state index >= 15 is 0 Å². The molecular weight excluding hydrogens is 312 g/mol. The van der Waals surface area contributed by atoms with Gasteiger partial charge in [-0.3, -0.25) is 9.59 Å². The van der Waals surface area contributed by atoms with Gasteiger partial charge in [0.15, 0.2) is 0 Å². The van der Waals surface area contributed by atoms with Crippen LogP contribution < -0.4 is 10.2 Å². The topological polar surface area (TPSA) is 49.4 Å². The van der Waals surface area contributed by atoms with Crippen LogP contribution in [0.4, 0.5) is 5.69 Å². The van der Waals surface area contributed by atoms with Crippen LogP contribution in [-0.2, 0) is 4.79 Å². The summed E-state index contributed by atoms with van der Waals surface area (Å²) in [4.78, 5) is 26.4. The minimum atomic E-state index is 0.0184. The minimum absolute atomic E-state index is 0.0184. The second-order valence-corrected chi connectivity index (χ2v) is 7.46. The molecule has 1 aromatic rings. The van der Waals surface area contributed by atoms with E-state index in [0.717, 1.165) is 31.5 Å². The van der Waals surface area contributed by atoms with Crippen molar-refractivity contribution >= 4 is 17.5 Å². The Labute approximate surface area is 151 Å². The Hall–Kier alpha value is -1.84. The lowest BCUT2D eigenvalue weighted by Gasteiger charge is -2.27. The molecular formula is C21H30N2O2. The van der Waals surface area contributed by atoms with Crippen LogP contribution in [0.1, 0.15) is 75.1 Å². The van der Waals surface area contributed by atoms with Crippen LogP contribution in [0.3, 0.4) is 0 Å². The van der Waals surface area contributed by atoms with Gasteiger partial charge in [0.25, 0.3) is 5.91 Å². The fraction of sp³-hybridized carbons (Fsp3) is 0.619. The van der Waals surface area contributed by atoms with E-state index in [0.29, 0.717) is 23.9 Å². The van der Waals surface area contributed by atoms with Crippen molar-refractivity contribution < 1.29 is 9.59 Å². The molecule has 1 heterocycles. The largest absolute Gasteiger partial charge is 0.349 e. The zero-order valence-electron chi connectivity index (χ0n) is 15.3. The van der Waals surface area contributed by atoms with Crippen molar-refractivity contribution in [2.24, 2.45) is 5.92 Å². The molecule has 1 aliphatic carbocycles. The predicted octanol–water partition coefficient (Wildman–Crippen LogP) is 4.29. The molecule has 0 bridgehead atoms. The van der Waals surface area contributed by atoms with Crippen LogP contribution in [-0.4, -0.2) is 24.4 Å². The average molecular weight is 342 g/mol. The molecule has 1 aromatic carbocycles. The van der Waals surface area contributed by atoms with Gasteiger partial charge >= 0.3 is 0 Å². The lowest BCUT2D eigenvalue weighted by atomic mass is 9.96. The Bertz CT molecular complexity index is 596. The third-order valence-corrected chi connectivity index (χ3v) is 5.67. The van der Waals surface area contributed by atoms with Crippen molar-refractivity contribution in [2.75, 3.05) is 11.4 Å². The molecule has 2 atom stereocenters. The van der Waals surface area contributed by atoms with Gasteiger partial charge in [-0.2, -0.15) is 0 Å². The molecule has 0 aromatic heterocycles. The maximum atomic E-state index is 12.6. The highest BCUT2D eigenvalue weighted by Crippen LogP contribution is 2.30. The number of unbranched alkanes of at least 4 members (excludes halogenated alkanes) is 1. The molecule has 136 valence electrons. The maximum Gasteiger partial charge on any atom is 0.251 e. The lowest BCUT2D eigenvalue weighted by Crippen LogP contribution is -2.37. The van der Waals surface area contributed by atoms with Gasteiger partial charge in [-0.1, -0.05) is 26.2 Å². The van der Waals surface area contributed by atoms with E-state index < -0.39 is 0 Å². The van der Waals surface area contributed by atoms with Crippen LogP contribution >= 0.6 is 0 Å². The van der Waals surface area contributed by atoms with Crippen molar-refractivity contribution in [1.29, 1.82) is 0 Å². The summed E-state index contributed by atoms with van der Waals surface area (Å²) in [6, 6.07) is 7.83. The summed E-state index contributed by atoms with van der Waals surface area (Å²) in [7, 11) is 0. The zero-order chi connectivity index (χ0) is 17.6. The number of anilines is 1. The summed E-state index contributed by atoms with van der Waals surface area (Å²) < 4.78 is 0. The van der Waals surface area contributed by atoms with Gasteiger partial charge in [-0.15, -0.1) is 0 Å². The van der Waals surface area contributed by atoms with E-state index in [-0.39, 0.29) is 11.8 Å². The quantitative estimate of drug-likeness (QED) is 0.838. The molecule has 3 rings (SSSR count). The van der Waals surface area contributed by atoms with Gasteiger partial charge < -0.3 is 10.2 Å². The van der Waals surface area contributed by atoms with E-state index in [1.54, 1.807) is 0 Å². The number of piperidine rings is 1. The number of carbonyl (C=O) groups excluding carboxylic acids is 2. The summed E-state index contributed by atoms with van der Waals surface area (Å²) in [5.41, 5.74) is 1.59. The molecule has 1 saturated carbocycles. The minimum Gasteiger partial charge on any atom is -0.349 e. The standard InChI is InChI=1S/C21H30N2O2/c1-2-3-7-16-8-6-9-19(16)22-21(25)17-11-13-18(14-12-17)23-15-5-4-10-20(23)24/h11-14,16,19H,2-10,15H2,1H3,(H,22,25). The number of amides is 2. The molecule has 1 N–H and O–H groups in total. The summed E-state index contributed by atoms with van der Waals surface area (Å²) in [6.45, 7) is 3.00. The van der Waals surface area contributed by atoms with E-state index in [9.17, 15) is 9.59 Å². The Morgan fingerprint density at radius 1 is 1.16 bits per heavy atom. The van der Waals surface area contributed by atoms with E-state index in [1.807, 2.05) is 29.2 Å². The molecule has 2 unspecified atom stereocenters. The van der Waals surface area contributed by atoms with E-state index in [1.165, 1.54) is 32.1 Å². The van der Waals surface area contributed by atoms with Gasteiger partial charge in [-0.05, 0) is 62.3 Å². The third kappa shape index (κ3) is 4.42. The summed E-state index contributed by atoms with van der Waals surface area (Å²) in [6.07, 6.45) is 9.89. The zero-order valence-corrected chi connectivity index (χ0v) is 15.3. The molecule has 25 heavy (non-hydrogen) atoms. The second-order valence-electron chi connectivity index (χ2n) is 7.46. The maximum absolute atomic E-state index is 12.6. The number of benzene rings is 1. The molecule has 0 radical (unpaired) electrons. The van der Waals surface area contributed by atoms with Gasteiger partial charge in [0, 0.05) is 30.3 Å². The first-order chi connectivity index (χ1) is 12.2. The second kappa shape index (κ2) is 8.50. The first kappa shape index (κ1) is 18.0. The number of rotatable bonds is 6. The van der Waals surface area contributed by atoms with Crippen molar-refractivity contribution in [1.82, 2.24) is 5.32 Å². The molecule has 0 spiro atoms. The fourth-order valence-corrected chi connectivity index (χ4v) is 4.16. The van der Waals surface area contributed by atoms with E-state index in [4.69, 9.17) is 0 Å². The van der Waals surface area contributed by atoms with Crippen LogP contribution in [0.5, 0.6) is 0 Å². The van der Waals surface area contributed by atoms with Crippen LogP contribution in [0, 0.1) is 5.92 Å². The Morgan fingerprint density at radius 3 is 2.68 bits per heavy atom. The smallest absolute Gasteiger partial charge is 0.251 e. The fourth-order valence-electron chi connectivity index (χ4n) is 4.16. The third-order valence-electron chi connectivity index (χ3n) is 5.67. The summed E-state index contributed by atoms with van der Waals surface area (Å²) >= 11 is 0. The van der Waals surface area contributed by atoms with Gasteiger partial charge in [0.1, 0.15) is 0 Å². The molecule has 2 fully saturated rings. The number of hydrogen-bond acceptors (Lipinski definition) is 2. The SMILES string of the molecule is CCCCC1CCCC1NC(=O)c1ccc(N2CCCCC2=O)cc1. The van der Waals surface area contributed by atoms with Crippen LogP contribution in [0.15, 0.2) is 24.3 Å². The molecule has 1 aliphatic heterocycles. The molecule has 2 amide bonds. The number of hydrogen-bond donors (Lipinski definition) is 1. The van der Waals surface area contributed by atoms with Gasteiger partial charge in [0.05, 0.1) is 0 Å². The van der Waals surface area contributed by atoms with Gasteiger partial charge in [0.2, 0.25) is 5.91 Å². The average Bonchev–Trinajstić information content (AvgIpc) is 3.07. The first-order valence-corrected chi connectivity index (χ1v) is 9.90. The lowest BCUT2D eigenvalue weighted by molar-refractivity contribution is -0.119. The van der Waals surface area contributed by atoms with Gasteiger partial charge in [-0.25, -0.2) is 0 Å². The molecule has 4 heteroatoms. The van der Waals surface area contributed by atoms with Crippen molar-refractivity contribution in [3.8, 4) is 0 Å². The molecule has 1 saturated heterocycles. The normalized spacial score (nSPS) is 23.7. The Kier molecular flexibility index (Phi) is 6.11. The highest BCUT2D eigenvalue weighted by Gasteiger charge is 2.28.